The largest absolute Gasteiger partial charge is 0.278 e. The first-order chi connectivity index (χ1) is 19.6. The highest BCUT2D eigenvalue weighted by atomic mass is 15.2. The van der Waals surface area contributed by atoms with Gasteiger partial charge in [-0.2, -0.15) is 0 Å². The van der Waals surface area contributed by atoms with E-state index in [1.165, 1.54) is 32.7 Å². The molecule has 40 heavy (non-hydrogen) atoms. The maximum absolute atomic E-state index is 5.39. The lowest BCUT2D eigenvalue weighted by Crippen LogP contribution is -2.17. The Bertz CT molecular complexity index is 2130. The highest BCUT2D eigenvalue weighted by molar-refractivity contribution is 6.21. The molecule has 1 aliphatic rings. The first kappa shape index (κ1) is 22.9. The van der Waals surface area contributed by atoms with Crippen molar-refractivity contribution in [3.8, 4) is 28.3 Å². The van der Waals surface area contributed by atoms with Crippen LogP contribution in [0.3, 0.4) is 0 Å². The van der Waals surface area contributed by atoms with Crippen molar-refractivity contribution in [3.05, 3.63) is 133 Å². The average Bonchev–Trinajstić information content (AvgIpc) is 3.51. The first-order valence-corrected chi connectivity index (χ1v) is 13.8. The third-order valence-electron chi connectivity index (χ3n) is 8.24. The Balaban J connectivity index is 1.48. The Kier molecular flexibility index (Phi) is 4.86. The number of hydrogen-bond donors (Lipinski definition) is 0. The Labute approximate surface area is 233 Å². The van der Waals surface area contributed by atoms with Crippen molar-refractivity contribution < 1.29 is 0 Å². The van der Waals surface area contributed by atoms with Crippen LogP contribution in [0.2, 0.25) is 0 Å². The molecule has 2 heterocycles. The first-order valence-electron chi connectivity index (χ1n) is 13.8. The molecule has 0 saturated heterocycles. The number of nitrogens with zero attached hydrogens (tertiary/aromatic N) is 3. The second kappa shape index (κ2) is 8.49. The third kappa shape index (κ3) is 3.31. The Morgan fingerprint density at radius 3 is 2.15 bits per heavy atom. The molecule has 0 bridgehead atoms. The molecule has 1 aliphatic carbocycles. The quantitative estimate of drug-likeness (QED) is 0.236. The summed E-state index contributed by atoms with van der Waals surface area (Å²) in [7, 11) is 0. The van der Waals surface area contributed by atoms with E-state index in [1.807, 2.05) is 0 Å². The van der Waals surface area contributed by atoms with Crippen LogP contribution < -0.4 is 0 Å². The van der Waals surface area contributed by atoms with E-state index in [1.54, 1.807) is 0 Å². The summed E-state index contributed by atoms with van der Waals surface area (Å²) in [5, 5.41) is 4.92. The molecule has 8 rings (SSSR count). The molecule has 0 aliphatic heterocycles. The number of hydrogen-bond acceptors (Lipinski definition) is 2. The minimum Gasteiger partial charge on any atom is -0.278 e. The second-order valence-electron chi connectivity index (χ2n) is 11.1. The molecule has 0 saturated carbocycles. The van der Waals surface area contributed by atoms with Gasteiger partial charge in [-0.3, -0.25) is 4.57 Å². The molecule has 0 fully saturated rings. The van der Waals surface area contributed by atoms with Crippen LogP contribution in [-0.2, 0) is 5.41 Å². The van der Waals surface area contributed by atoms with E-state index in [9.17, 15) is 0 Å². The van der Waals surface area contributed by atoms with Crippen molar-refractivity contribution in [2.24, 2.45) is 0 Å². The summed E-state index contributed by atoms with van der Waals surface area (Å²) >= 11 is 0. The fraction of sp³-hybridized carbons (Fsp3) is 0.0811. The van der Waals surface area contributed by atoms with Gasteiger partial charge in [0, 0.05) is 27.3 Å². The van der Waals surface area contributed by atoms with Gasteiger partial charge in [-0.25, -0.2) is 9.97 Å². The van der Waals surface area contributed by atoms with Crippen molar-refractivity contribution in [1.82, 2.24) is 14.5 Å². The number of benzene rings is 5. The van der Waals surface area contributed by atoms with Gasteiger partial charge in [0.25, 0.3) is 0 Å². The maximum Gasteiger partial charge on any atom is 0.235 e. The average molecular weight is 514 g/mol. The van der Waals surface area contributed by atoms with Crippen LogP contribution >= 0.6 is 0 Å². The van der Waals surface area contributed by atoms with Gasteiger partial charge in [0.15, 0.2) is 0 Å². The lowest BCUT2D eigenvalue weighted by Gasteiger charge is -2.20. The van der Waals surface area contributed by atoms with Crippen molar-refractivity contribution in [2.75, 3.05) is 0 Å². The van der Waals surface area contributed by atoms with Gasteiger partial charge in [-0.1, -0.05) is 129 Å². The van der Waals surface area contributed by atoms with E-state index in [-0.39, 0.29) is 5.41 Å². The summed E-state index contributed by atoms with van der Waals surface area (Å²) in [6, 6.07) is 40.8. The van der Waals surface area contributed by atoms with Crippen LogP contribution in [0.5, 0.6) is 0 Å². The van der Waals surface area contributed by atoms with Crippen LogP contribution in [0.1, 0.15) is 25.1 Å². The zero-order chi connectivity index (χ0) is 26.8. The lowest BCUT2D eigenvalue weighted by molar-refractivity contribution is 0.651. The Morgan fingerprint density at radius 1 is 0.600 bits per heavy atom. The number of allylic oxidation sites excluding steroid dienone is 1. The van der Waals surface area contributed by atoms with Gasteiger partial charge < -0.3 is 0 Å². The number of rotatable bonds is 3. The van der Waals surface area contributed by atoms with Crippen molar-refractivity contribution >= 4 is 38.7 Å². The van der Waals surface area contributed by atoms with E-state index in [4.69, 9.17) is 9.97 Å². The van der Waals surface area contributed by atoms with E-state index in [0.717, 1.165) is 33.5 Å². The summed E-state index contributed by atoms with van der Waals surface area (Å²) in [6.07, 6.45) is 4.46. The van der Waals surface area contributed by atoms with Crippen LogP contribution in [0.25, 0.3) is 67.0 Å². The fourth-order valence-corrected chi connectivity index (χ4v) is 6.30. The molecule has 3 heteroatoms. The maximum atomic E-state index is 5.39. The number of fused-ring (bicyclic) bond motifs is 6. The third-order valence-corrected chi connectivity index (χ3v) is 8.24. The molecule has 2 aromatic heterocycles. The van der Waals surface area contributed by atoms with Crippen molar-refractivity contribution in [1.29, 1.82) is 0 Å². The van der Waals surface area contributed by atoms with Crippen LogP contribution in [0, 0.1) is 0 Å². The smallest absolute Gasteiger partial charge is 0.235 e. The van der Waals surface area contributed by atoms with Gasteiger partial charge in [0.1, 0.15) is 0 Å². The summed E-state index contributed by atoms with van der Waals surface area (Å²) in [5.74, 6) is 0.704. The van der Waals surface area contributed by atoms with Crippen molar-refractivity contribution in [3.63, 3.8) is 0 Å². The topological polar surface area (TPSA) is 30.7 Å². The van der Waals surface area contributed by atoms with Gasteiger partial charge >= 0.3 is 0 Å². The Hall–Kier alpha value is -5.02. The molecule has 5 aromatic carbocycles. The molecule has 0 unspecified atom stereocenters. The SMILES string of the molecule is CC1(C)C=Cc2c(-c3ccccc3-c3ccccc3)nc(-n3c4ccccc4c4c5ccccc5ccc43)nc21. The minimum atomic E-state index is -0.199. The summed E-state index contributed by atoms with van der Waals surface area (Å²) in [6.45, 7) is 4.47. The summed E-state index contributed by atoms with van der Waals surface area (Å²) in [4.78, 5) is 10.7. The molecular weight excluding hydrogens is 486 g/mol. The van der Waals surface area contributed by atoms with Crippen LogP contribution in [-0.4, -0.2) is 14.5 Å². The fourth-order valence-electron chi connectivity index (χ4n) is 6.30. The zero-order valence-corrected chi connectivity index (χ0v) is 22.5. The molecule has 0 spiro atoms. The van der Waals surface area contributed by atoms with E-state index < -0.39 is 0 Å². The molecule has 3 nitrogen and oxygen atoms in total. The van der Waals surface area contributed by atoms with E-state index in [2.05, 4.69) is 146 Å². The van der Waals surface area contributed by atoms with Gasteiger partial charge in [-0.15, -0.1) is 0 Å². The highest BCUT2D eigenvalue weighted by Crippen LogP contribution is 2.43. The molecule has 0 radical (unpaired) electrons. The normalized spacial score (nSPS) is 13.8. The monoisotopic (exact) mass is 513 g/mol. The van der Waals surface area contributed by atoms with E-state index in [0.29, 0.717) is 5.95 Å². The minimum absolute atomic E-state index is 0.199. The standard InChI is InChI=1S/C37H27N3/c1-37(2)23-22-30-34(28-17-9-8-15-26(28)24-12-4-3-5-13-24)38-36(39-35(30)37)40-31-19-11-10-18-29(31)33-27-16-7-6-14-25(27)20-21-32(33)40/h3-23H,1-2H3. The number of para-hydroxylation sites is 1. The Morgan fingerprint density at radius 2 is 1.30 bits per heavy atom. The molecule has 0 atom stereocenters. The molecule has 0 N–H and O–H groups in total. The van der Waals surface area contributed by atoms with Crippen LogP contribution in [0.15, 0.2) is 121 Å². The number of aromatic nitrogens is 3. The van der Waals surface area contributed by atoms with E-state index >= 15 is 0 Å². The van der Waals surface area contributed by atoms with Gasteiger partial charge in [0.05, 0.1) is 22.4 Å². The van der Waals surface area contributed by atoms with Crippen LogP contribution in [0.4, 0.5) is 0 Å². The molecule has 7 aromatic rings. The second-order valence-corrected chi connectivity index (χ2v) is 11.1. The van der Waals surface area contributed by atoms with Crippen molar-refractivity contribution in [2.45, 2.75) is 19.3 Å². The van der Waals surface area contributed by atoms with Gasteiger partial charge in [0.2, 0.25) is 5.95 Å². The van der Waals surface area contributed by atoms with Gasteiger partial charge in [-0.05, 0) is 34.0 Å². The molecule has 190 valence electrons. The predicted octanol–water partition coefficient (Wildman–Crippen LogP) is 9.37. The lowest BCUT2D eigenvalue weighted by atomic mass is 9.90. The predicted molar refractivity (Wildman–Crippen MR) is 167 cm³/mol. The zero-order valence-electron chi connectivity index (χ0n) is 22.5. The molecule has 0 amide bonds. The summed E-state index contributed by atoms with van der Waals surface area (Å²) in [5.41, 5.74) is 8.61. The highest BCUT2D eigenvalue weighted by Gasteiger charge is 2.32. The summed E-state index contributed by atoms with van der Waals surface area (Å²) < 4.78 is 2.25. The molecular formula is C37H27N3.